The molecule has 0 saturated carbocycles. The summed E-state index contributed by atoms with van der Waals surface area (Å²) in [5.41, 5.74) is 3.38. The van der Waals surface area contributed by atoms with Crippen molar-refractivity contribution in [1.29, 1.82) is 0 Å². The van der Waals surface area contributed by atoms with Crippen LogP contribution >= 0.6 is 0 Å². The number of hydrogen-bond acceptors (Lipinski definition) is 2. The minimum atomic E-state index is -0.145. The zero-order valence-corrected chi connectivity index (χ0v) is 16.4. The SMILES string of the molecule is C/C=C(/c1ccccc1)N(C(=O)N(C)c1ccccc1)c1ccc(OC)cc1. The van der Waals surface area contributed by atoms with Gasteiger partial charge in [0.25, 0.3) is 0 Å². The molecule has 0 bridgehead atoms. The second-order valence-corrected chi connectivity index (χ2v) is 6.25. The van der Waals surface area contributed by atoms with Gasteiger partial charge in [0.05, 0.1) is 18.5 Å². The molecule has 0 fully saturated rings. The van der Waals surface area contributed by atoms with Gasteiger partial charge in [0.2, 0.25) is 0 Å². The number of nitrogens with zero attached hydrogens (tertiary/aromatic N) is 2. The summed E-state index contributed by atoms with van der Waals surface area (Å²) in [6.07, 6.45) is 1.95. The van der Waals surface area contributed by atoms with Crippen LogP contribution in [-0.4, -0.2) is 20.2 Å². The molecule has 3 aromatic carbocycles. The molecule has 2 amide bonds. The highest BCUT2D eigenvalue weighted by molar-refractivity contribution is 6.12. The van der Waals surface area contributed by atoms with Gasteiger partial charge < -0.3 is 4.74 Å². The summed E-state index contributed by atoms with van der Waals surface area (Å²) in [4.78, 5) is 16.9. The van der Waals surface area contributed by atoms with Crippen LogP contribution in [0.1, 0.15) is 12.5 Å². The Morgan fingerprint density at radius 1 is 0.821 bits per heavy atom. The number of methoxy groups -OCH3 is 1. The first-order valence-electron chi connectivity index (χ1n) is 9.14. The van der Waals surface area contributed by atoms with Gasteiger partial charge in [-0.25, -0.2) is 4.79 Å². The molecule has 0 aliphatic carbocycles. The first-order chi connectivity index (χ1) is 13.7. The molecular formula is C24H24N2O2. The number of amides is 2. The molecule has 0 aliphatic heterocycles. The highest BCUT2D eigenvalue weighted by atomic mass is 16.5. The van der Waals surface area contributed by atoms with Gasteiger partial charge in [0, 0.05) is 12.7 Å². The van der Waals surface area contributed by atoms with Crippen molar-refractivity contribution in [3.63, 3.8) is 0 Å². The lowest BCUT2D eigenvalue weighted by Gasteiger charge is -2.30. The number of rotatable bonds is 5. The Morgan fingerprint density at radius 3 is 1.93 bits per heavy atom. The van der Waals surface area contributed by atoms with Crippen molar-refractivity contribution in [1.82, 2.24) is 0 Å². The number of hydrogen-bond donors (Lipinski definition) is 0. The predicted octanol–water partition coefficient (Wildman–Crippen LogP) is 5.82. The average molecular weight is 372 g/mol. The monoisotopic (exact) mass is 372 g/mol. The van der Waals surface area contributed by atoms with Gasteiger partial charge >= 0.3 is 6.03 Å². The quantitative estimate of drug-likeness (QED) is 0.565. The van der Waals surface area contributed by atoms with E-state index in [4.69, 9.17) is 4.74 Å². The molecule has 0 aromatic heterocycles. The standard InChI is InChI=1S/C24H24N2O2/c1-4-23(19-11-7-5-8-12-19)26(21-15-17-22(28-3)18-16-21)24(27)25(2)20-13-9-6-10-14-20/h4-18H,1-3H3/b23-4-. The molecule has 0 atom stereocenters. The molecule has 28 heavy (non-hydrogen) atoms. The molecule has 0 aliphatic rings. The Kier molecular flexibility index (Phi) is 6.12. The van der Waals surface area contributed by atoms with Crippen LogP contribution in [0.15, 0.2) is 91.0 Å². The molecule has 0 spiro atoms. The first kappa shape index (κ1) is 19.2. The lowest BCUT2D eigenvalue weighted by atomic mass is 10.1. The predicted molar refractivity (Wildman–Crippen MR) is 116 cm³/mol. The van der Waals surface area contributed by atoms with Crippen molar-refractivity contribution < 1.29 is 9.53 Å². The number of carbonyl (C=O) groups is 1. The molecule has 0 N–H and O–H groups in total. The van der Waals surface area contributed by atoms with E-state index in [9.17, 15) is 4.79 Å². The third-order valence-electron chi connectivity index (χ3n) is 4.54. The van der Waals surface area contributed by atoms with Crippen molar-refractivity contribution in [2.24, 2.45) is 0 Å². The minimum absolute atomic E-state index is 0.145. The van der Waals surface area contributed by atoms with Gasteiger partial charge in [-0.2, -0.15) is 0 Å². The number of anilines is 2. The van der Waals surface area contributed by atoms with E-state index in [0.29, 0.717) is 0 Å². The second-order valence-electron chi connectivity index (χ2n) is 6.25. The Morgan fingerprint density at radius 2 is 1.39 bits per heavy atom. The van der Waals surface area contributed by atoms with Crippen molar-refractivity contribution >= 4 is 23.1 Å². The third-order valence-corrected chi connectivity index (χ3v) is 4.54. The lowest BCUT2D eigenvalue weighted by molar-refractivity contribution is 0.255. The van der Waals surface area contributed by atoms with E-state index in [2.05, 4.69) is 0 Å². The highest BCUT2D eigenvalue weighted by Gasteiger charge is 2.25. The topological polar surface area (TPSA) is 32.8 Å². The molecule has 4 heteroatoms. The van der Waals surface area contributed by atoms with E-state index in [1.807, 2.05) is 97.9 Å². The smallest absolute Gasteiger partial charge is 0.333 e. The Bertz CT molecular complexity index is 935. The average Bonchev–Trinajstić information content (AvgIpc) is 2.77. The number of ether oxygens (including phenoxy) is 1. The maximum Gasteiger partial charge on any atom is 0.333 e. The van der Waals surface area contributed by atoms with Crippen molar-refractivity contribution in [2.75, 3.05) is 24.0 Å². The van der Waals surface area contributed by atoms with Gasteiger partial charge in [-0.15, -0.1) is 0 Å². The summed E-state index contributed by atoms with van der Waals surface area (Å²) in [5, 5.41) is 0. The van der Waals surface area contributed by atoms with Crippen molar-refractivity contribution in [2.45, 2.75) is 6.92 Å². The molecule has 3 aromatic rings. The van der Waals surface area contributed by atoms with E-state index in [1.54, 1.807) is 24.0 Å². The Labute approximate surface area is 166 Å². The van der Waals surface area contributed by atoms with E-state index in [0.717, 1.165) is 28.4 Å². The van der Waals surface area contributed by atoms with Crippen LogP contribution in [0.3, 0.4) is 0 Å². The fourth-order valence-corrected chi connectivity index (χ4v) is 3.03. The van der Waals surface area contributed by atoms with Gasteiger partial charge in [-0.05, 0) is 48.9 Å². The third kappa shape index (κ3) is 4.07. The van der Waals surface area contributed by atoms with Gasteiger partial charge in [-0.1, -0.05) is 54.6 Å². The van der Waals surface area contributed by atoms with E-state index < -0.39 is 0 Å². The van der Waals surface area contributed by atoms with Crippen LogP contribution in [0.25, 0.3) is 5.70 Å². The van der Waals surface area contributed by atoms with Crippen LogP contribution in [0.2, 0.25) is 0 Å². The van der Waals surface area contributed by atoms with Crippen LogP contribution in [-0.2, 0) is 0 Å². The number of carbonyl (C=O) groups excluding carboxylic acids is 1. The first-order valence-corrected chi connectivity index (χ1v) is 9.14. The lowest BCUT2D eigenvalue weighted by Crippen LogP contribution is -2.40. The van der Waals surface area contributed by atoms with Crippen LogP contribution in [0, 0.1) is 0 Å². The molecule has 0 radical (unpaired) electrons. The van der Waals surface area contributed by atoms with Gasteiger partial charge in [0.15, 0.2) is 0 Å². The zero-order chi connectivity index (χ0) is 19.9. The summed E-state index contributed by atoms with van der Waals surface area (Å²) >= 11 is 0. The summed E-state index contributed by atoms with van der Waals surface area (Å²) in [6, 6.07) is 26.9. The molecule has 4 nitrogen and oxygen atoms in total. The minimum Gasteiger partial charge on any atom is -0.497 e. The fourth-order valence-electron chi connectivity index (χ4n) is 3.03. The van der Waals surface area contributed by atoms with Crippen LogP contribution < -0.4 is 14.5 Å². The largest absolute Gasteiger partial charge is 0.497 e. The molecule has 142 valence electrons. The van der Waals surface area contributed by atoms with E-state index in [-0.39, 0.29) is 6.03 Å². The molecule has 3 rings (SSSR count). The molecule has 0 heterocycles. The number of allylic oxidation sites excluding steroid dienone is 1. The summed E-state index contributed by atoms with van der Waals surface area (Å²) in [7, 11) is 3.41. The van der Waals surface area contributed by atoms with Crippen LogP contribution in [0.5, 0.6) is 5.75 Å². The van der Waals surface area contributed by atoms with E-state index in [1.165, 1.54) is 0 Å². The number of para-hydroxylation sites is 1. The Hall–Kier alpha value is -3.53. The normalized spacial score (nSPS) is 11.0. The number of urea groups is 1. The Balaban J connectivity index is 2.06. The fraction of sp³-hybridized carbons (Fsp3) is 0.125. The highest BCUT2D eigenvalue weighted by Crippen LogP contribution is 2.30. The van der Waals surface area contributed by atoms with Crippen molar-refractivity contribution in [3.8, 4) is 5.75 Å². The second kappa shape index (κ2) is 8.91. The molecule has 0 unspecified atom stereocenters. The van der Waals surface area contributed by atoms with E-state index >= 15 is 0 Å². The van der Waals surface area contributed by atoms with Crippen LogP contribution in [0.4, 0.5) is 16.2 Å². The maximum absolute atomic E-state index is 13.6. The maximum atomic E-state index is 13.6. The van der Waals surface area contributed by atoms with Crippen molar-refractivity contribution in [3.05, 3.63) is 96.6 Å². The number of benzene rings is 3. The molecular weight excluding hydrogens is 348 g/mol. The van der Waals surface area contributed by atoms with Gasteiger partial charge in [-0.3, -0.25) is 9.80 Å². The molecule has 0 saturated heterocycles. The summed E-state index contributed by atoms with van der Waals surface area (Å²) in [6.45, 7) is 1.94. The summed E-state index contributed by atoms with van der Waals surface area (Å²) < 4.78 is 5.27. The zero-order valence-electron chi connectivity index (χ0n) is 16.4. The summed E-state index contributed by atoms with van der Waals surface area (Å²) in [5.74, 6) is 0.745. The van der Waals surface area contributed by atoms with Gasteiger partial charge in [0.1, 0.15) is 5.75 Å².